The summed E-state index contributed by atoms with van der Waals surface area (Å²) in [6.45, 7) is 4.39. The Balaban J connectivity index is 2.04. The van der Waals surface area contributed by atoms with Crippen LogP contribution < -0.4 is 5.32 Å². The van der Waals surface area contributed by atoms with Gasteiger partial charge in [-0.1, -0.05) is 13.8 Å². The van der Waals surface area contributed by atoms with E-state index in [1.54, 1.807) is 18.5 Å². The fourth-order valence-corrected chi connectivity index (χ4v) is 2.01. The summed E-state index contributed by atoms with van der Waals surface area (Å²) >= 11 is 0. The van der Waals surface area contributed by atoms with Crippen LogP contribution in [-0.4, -0.2) is 15.0 Å². The number of hydrogen-bond acceptors (Lipinski definition) is 4. The second-order valence-electron chi connectivity index (χ2n) is 5.25. The lowest BCUT2D eigenvalue weighted by Gasteiger charge is -2.20. The summed E-state index contributed by atoms with van der Waals surface area (Å²) in [7, 11) is 0. The van der Waals surface area contributed by atoms with Gasteiger partial charge >= 0.3 is 6.18 Å². The number of halogens is 3. The van der Waals surface area contributed by atoms with E-state index in [0.717, 1.165) is 12.3 Å². The average Bonchev–Trinajstić information content (AvgIpc) is 2.48. The van der Waals surface area contributed by atoms with E-state index in [4.69, 9.17) is 0 Å². The van der Waals surface area contributed by atoms with E-state index < -0.39 is 11.7 Å². The Hall–Kier alpha value is -2.02. The lowest BCUT2D eigenvalue weighted by Crippen LogP contribution is -2.27. The van der Waals surface area contributed by atoms with E-state index in [1.165, 1.54) is 6.07 Å². The molecule has 22 heavy (non-hydrogen) atoms. The average molecular weight is 310 g/mol. The second kappa shape index (κ2) is 6.83. The van der Waals surface area contributed by atoms with Gasteiger partial charge in [0.2, 0.25) is 0 Å². The molecule has 0 spiro atoms. The van der Waals surface area contributed by atoms with Gasteiger partial charge in [0.25, 0.3) is 0 Å². The maximum Gasteiger partial charge on any atom is 0.417 e. The number of aromatic nitrogens is 3. The van der Waals surface area contributed by atoms with Crippen molar-refractivity contribution in [3.05, 3.63) is 53.9 Å². The highest BCUT2D eigenvalue weighted by molar-refractivity contribution is 5.17. The van der Waals surface area contributed by atoms with Gasteiger partial charge in [-0.05, 0) is 24.1 Å². The van der Waals surface area contributed by atoms with Crippen LogP contribution in [0.25, 0.3) is 0 Å². The minimum absolute atomic E-state index is 0.0923. The fourth-order valence-electron chi connectivity index (χ4n) is 2.01. The van der Waals surface area contributed by atoms with Crippen LogP contribution in [0.2, 0.25) is 0 Å². The number of rotatable bonds is 5. The zero-order valence-electron chi connectivity index (χ0n) is 12.3. The van der Waals surface area contributed by atoms with Crippen LogP contribution in [-0.2, 0) is 12.7 Å². The lowest BCUT2D eigenvalue weighted by atomic mass is 10.0. The molecule has 1 atom stereocenters. The third kappa shape index (κ3) is 4.24. The third-order valence-corrected chi connectivity index (χ3v) is 3.19. The molecule has 118 valence electrons. The van der Waals surface area contributed by atoms with Crippen LogP contribution in [0.5, 0.6) is 0 Å². The number of pyridine rings is 1. The van der Waals surface area contributed by atoms with Crippen LogP contribution in [0.15, 0.2) is 36.8 Å². The Morgan fingerprint density at radius 2 is 1.77 bits per heavy atom. The van der Waals surface area contributed by atoms with Crippen LogP contribution in [0, 0.1) is 5.92 Å². The molecule has 0 aliphatic carbocycles. The normalized spacial score (nSPS) is 13.4. The van der Waals surface area contributed by atoms with Crippen molar-refractivity contribution in [2.45, 2.75) is 32.6 Å². The van der Waals surface area contributed by atoms with E-state index in [0.29, 0.717) is 18.1 Å². The van der Waals surface area contributed by atoms with E-state index in [2.05, 4.69) is 20.3 Å². The Morgan fingerprint density at radius 1 is 1.09 bits per heavy atom. The molecular weight excluding hydrogens is 293 g/mol. The monoisotopic (exact) mass is 310 g/mol. The Morgan fingerprint density at radius 3 is 2.27 bits per heavy atom. The third-order valence-electron chi connectivity index (χ3n) is 3.19. The highest BCUT2D eigenvalue weighted by Crippen LogP contribution is 2.28. The summed E-state index contributed by atoms with van der Waals surface area (Å²) in [6.07, 6.45) is -0.191. The molecule has 2 aromatic heterocycles. The summed E-state index contributed by atoms with van der Waals surface area (Å²) < 4.78 is 37.5. The smallest absolute Gasteiger partial charge is 0.301 e. The molecule has 0 amide bonds. The Bertz CT molecular complexity index is 582. The molecule has 0 radical (unpaired) electrons. The Kier molecular flexibility index (Phi) is 5.07. The van der Waals surface area contributed by atoms with Gasteiger partial charge in [0.1, 0.15) is 5.82 Å². The van der Waals surface area contributed by atoms with Gasteiger partial charge in [0.15, 0.2) is 0 Å². The Labute approximate surface area is 126 Å². The van der Waals surface area contributed by atoms with E-state index in [-0.39, 0.29) is 12.0 Å². The van der Waals surface area contributed by atoms with Crippen molar-refractivity contribution in [3.8, 4) is 0 Å². The molecule has 0 saturated heterocycles. The zero-order valence-corrected chi connectivity index (χ0v) is 12.3. The van der Waals surface area contributed by atoms with Gasteiger partial charge in [-0.15, -0.1) is 0 Å². The first-order valence-corrected chi connectivity index (χ1v) is 6.90. The maximum absolute atomic E-state index is 12.5. The largest absolute Gasteiger partial charge is 0.417 e. The van der Waals surface area contributed by atoms with Gasteiger partial charge < -0.3 is 5.32 Å². The molecular formula is C15H17F3N4. The SMILES string of the molecule is CC(C)[C@@H](NCc1ccc(C(F)(F)F)cn1)c1ncccn1. The highest BCUT2D eigenvalue weighted by atomic mass is 19.4. The molecule has 2 heterocycles. The van der Waals surface area contributed by atoms with Gasteiger partial charge in [-0.3, -0.25) is 4.98 Å². The fraction of sp³-hybridized carbons (Fsp3) is 0.400. The molecule has 2 rings (SSSR count). The van der Waals surface area contributed by atoms with Crippen molar-refractivity contribution < 1.29 is 13.2 Å². The van der Waals surface area contributed by atoms with Crippen LogP contribution >= 0.6 is 0 Å². The lowest BCUT2D eigenvalue weighted by molar-refractivity contribution is -0.137. The number of hydrogen-bond donors (Lipinski definition) is 1. The van der Waals surface area contributed by atoms with Crippen molar-refractivity contribution in [3.63, 3.8) is 0 Å². The second-order valence-corrected chi connectivity index (χ2v) is 5.25. The molecule has 0 aromatic carbocycles. The maximum atomic E-state index is 12.5. The summed E-state index contributed by atoms with van der Waals surface area (Å²) in [5.41, 5.74) is -0.211. The topological polar surface area (TPSA) is 50.7 Å². The molecule has 0 unspecified atom stereocenters. The molecule has 0 aliphatic heterocycles. The van der Waals surface area contributed by atoms with Gasteiger partial charge in [0, 0.05) is 25.1 Å². The summed E-state index contributed by atoms with van der Waals surface area (Å²) in [4.78, 5) is 12.3. The minimum Gasteiger partial charge on any atom is -0.301 e. The van der Waals surface area contributed by atoms with E-state index >= 15 is 0 Å². The summed E-state index contributed by atoms with van der Waals surface area (Å²) in [5, 5.41) is 3.24. The van der Waals surface area contributed by atoms with Crippen molar-refractivity contribution in [2.24, 2.45) is 5.92 Å². The van der Waals surface area contributed by atoms with Crippen molar-refractivity contribution in [1.82, 2.24) is 20.3 Å². The van der Waals surface area contributed by atoms with Gasteiger partial charge in [-0.25, -0.2) is 9.97 Å². The molecule has 0 bridgehead atoms. The minimum atomic E-state index is -4.36. The summed E-state index contributed by atoms with van der Waals surface area (Å²) in [5.74, 6) is 0.890. The number of alkyl halides is 3. The number of nitrogens with zero attached hydrogens (tertiary/aromatic N) is 3. The van der Waals surface area contributed by atoms with Crippen LogP contribution in [0.3, 0.4) is 0 Å². The summed E-state index contributed by atoms with van der Waals surface area (Å²) in [6, 6.07) is 4.05. The van der Waals surface area contributed by atoms with Crippen LogP contribution in [0.1, 0.15) is 37.0 Å². The zero-order chi connectivity index (χ0) is 16.2. The number of nitrogens with one attached hydrogen (secondary N) is 1. The quantitative estimate of drug-likeness (QED) is 0.920. The van der Waals surface area contributed by atoms with E-state index in [1.807, 2.05) is 13.8 Å². The molecule has 0 aliphatic rings. The predicted molar refractivity (Wildman–Crippen MR) is 75.7 cm³/mol. The molecule has 0 fully saturated rings. The first-order chi connectivity index (χ1) is 10.4. The molecule has 1 N–H and O–H groups in total. The van der Waals surface area contributed by atoms with E-state index in [9.17, 15) is 13.2 Å². The van der Waals surface area contributed by atoms with Gasteiger partial charge in [-0.2, -0.15) is 13.2 Å². The van der Waals surface area contributed by atoms with Crippen molar-refractivity contribution >= 4 is 0 Å². The van der Waals surface area contributed by atoms with Crippen molar-refractivity contribution in [2.75, 3.05) is 0 Å². The van der Waals surface area contributed by atoms with Gasteiger partial charge in [0.05, 0.1) is 17.3 Å². The standard InChI is InChI=1S/C15H17F3N4/c1-10(2)13(14-19-6-3-7-20-14)22-9-12-5-4-11(8-21-12)15(16,17)18/h3-8,10,13,22H,9H2,1-2H3/t13-/m1/s1. The molecule has 2 aromatic rings. The first-order valence-electron chi connectivity index (χ1n) is 6.90. The first kappa shape index (κ1) is 16.4. The molecule has 4 nitrogen and oxygen atoms in total. The highest BCUT2D eigenvalue weighted by Gasteiger charge is 2.30. The molecule has 7 heteroatoms. The van der Waals surface area contributed by atoms with Crippen molar-refractivity contribution in [1.29, 1.82) is 0 Å². The molecule has 0 saturated carbocycles. The predicted octanol–water partition coefficient (Wildman–Crippen LogP) is 3.38. The van der Waals surface area contributed by atoms with Crippen LogP contribution in [0.4, 0.5) is 13.2 Å².